The van der Waals surface area contributed by atoms with Crippen LogP contribution in [-0.2, 0) is 9.53 Å². The summed E-state index contributed by atoms with van der Waals surface area (Å²) in [5.74, 6) is 0.625. The summed E-state index contributed by atoms with van der Waals surface area (Å²) in [6, 6.07) is 0.0431. The molecule has 0 aromatic carbocycles. The number of carbonyl (C=O) groups is 1. The van der Waals surface area contributed by atoms with Crippen LogP contribution in [0.15, 0.2) is 0 Å². The Morgan fingerprint density at radius 3 is 2.58 bits per heavy atom. The molecule has 1 unspecified atom stereocenters. The molecule has 0 saturated heterocycles. The van der Waals surface area contributed by atoms with Gasteiger partial charge in [0.25, 0.3) is 0 Å². The minimum Gasteiger partial charge on any atom is -0.378 e. The van der Waals surface area contributed by atoms with Crippen molar-refractivity contribution in [2.24, 2.45) is 17.1 Å². The number of hydrogen-bond donors (Lipinski definition) is 2. The van der Waals surface area contributed by atoms with Crippen LogP contribution in [-0.4, -0.2) is 31.2 Å². The zero-order valence-corrected chi connectivity index (χ0v) is 12.9. The highest BCUT2D eigenvalue weighted by molar-refractivity contribution is 5.76. The third-order valence-electron chi connectivity index (χ3n) is 3.50. The number of rotatable bonds is 7. The number of carbonyl (C=O) groups excluding carboxylic acids is 1. The van der Waals surface area contributed by atoms with Crippen molar-refractivity contribution < 1.29 is 9.53 Å². The summed E-state index contributed by atoms with van der Waals surface area (Å²) in [6.07, 6.45) is 3.96. The molecule has 0 aromatic rings. The SMILES string of the molecule is CCOC1CC(CC(=O)NCC(N)CC(C)(C)C)C1. The maximum Gasteiger partial charge on any atom is 0.220 e. The quantitative estimate of drug-likeness (QED) is 0.744. The first-order chi connectivity index (χ1) is 8.80. The van der Waals surface area contributed by atoms with Crippen LogP contribution >= 0.6 is 0 Å². The summed E-state index contributed by atoms with van der Waals surface area (Å²) in [5.41, 5.74) is 6.22. The molecule has 1 saturated carbocycles. The second-order valence-electron chi connectivity index (χ2n) is 6.95. The smallest absolute Gasteiger partial charge is 0.220 e. The highest BCUT2D eigenvalue weighted by Gasteiger charge is 2.31. The fourth-order valence-corrected chi connectivity index (χ4v) is 2.65. The normalized spacial score (nSPS) is 24.7. The Morgan fingerprint density at radius 1 is 1.42 bits per heavy atom. The minimum atomic E-state index is 0.0431. The van der Waals surface area contributed by atoms with E-state index in [0.29, 0.717) is 25.0 Å². The van der Waals surface area contributed by atoms with E-state index >= 15 is 0 Å². The third kappa shape index (κ3) is 6.92. The molecule has 19 heavy (non-hydrogen) atoms. The molecule has 0 spiro atoms. The summed E-state index contributed by atoms with van der Waals surface area (Å²) in [4.78, 5) is 11.8. The van der Waals surface area contributed by atoms with Gasteiger partial charge in [-0.05, 0) is 37.5 Å². The van der Waals surface area contributed by atoms with Crippen molar-refractivity contribution in [1.82, 2.24) is 5.32 Å². The van der Waals surface area contributed by atoms with Gasteiger partial charge in [-0.1, -0.05) is 20.8 Å². The fourth-order valence-electron chi connectivity index (χ4n) is 2.65. The Balaban J connectivity index is 2.09. The highest BCUT2D eigenvalue weighted by Crippen LogP contribution is 2.32. The monoisotopic (exact) mass is 270 g/mol. The maximum atomic E-state index is 11.8. The molecule has 112 valence electrons. The molecule has 0 aromatic heterocycles. The van der Waals surface area contributed by atoms with Crippen molar-refractivity contribution in [2.45, 2.75) is 65.5 Å². The number of amides is 1. The molecule has 1 aliphatic rings. The Kier molecular flexibility index (Phi) is 6.27. The van der Waals surface area contributed by atoms with E-state index in [9.17, 15) is 4.79 Å². The summed E-state index contributed by atoms with van der Waals surface area (Å²) in [6.45, 7) is 9.85. The lowest BCUT2D eigenvalue weighted by Crippen LogP contribution is -2.41. The fraction of sp³-hybridized carbons (Fsp3) is 0.933. The van der Waals surface area contributed by atoms with Crippen molar-refractivity contribution in [3.8, 4) is 0 Å². The molecular weight excluding hydrogens is 240 g/mol. The average molecular weight is 270 g/mol. The first kappa shape index (κ1) is 16.4. The van der Waals surface area contributed by atoms with Crippen molar-refractivity contribution in [3.05, 3.63) is 0 Å². The minimum absolute atomic E-state index is 0.0431. The average Bonchev–Trinajstić information content (AvgIpc) is 2.21. The van der Waals surface area contributed by atoms with Gasteiger partial charge in [0.2, 0.25) is 5.91 Å². The van der Waals surface area contributed by atoms with Gasteiger partial charge in [0, 0.05) is 25.6 Å². The molecule has 4 heteroatoms. The summed E-state index contributed by atoms with van der Waals surface area (Å²) >= 11 is 0. The topological polar surface area (TPSA) is 64.3 Å². The maximum absolute atomic E-state index is 11.8. The first-order valence-corrected chi connectivity index (χ1v) is 7.44. The van der Waals surface area contributed by atoms with Crippen LogP contribution in [0.1, 0.15) is 53.4 Å². The zero-order valence-electron chi connectivity index (χ0n) is 12.9. The largest absolute Gasteiger partial charge is 0.378 e. The lowest BCUT2D eigenvalue weighted by atomic mass is 9.80. The molecule has 0 radical (unpaired) electrons. The molecule has 0 bridgehead atoms. The standard InChI is InChI=1S/C15H30N2O2/c1-5-19-13-6-11(7-13)8-14(18)17-10-12(16)9-15(2,3)4/h11-13H,5-10,16H2,1-4H3,(H,17,18). The predicted octanol–water partition coefficient (Wildman–Crippen LogP) is 2.07. The van der Waals surface area contributed by atoms with Crippen molar-refractivity contribution >= 4 is 5.91 Å². The third-order valence-corrected chi connectivity index (χ3v) is 3.50. The van der Waals surface area contributed by atoms with E-state index in [1.54, 1.807) is 0 Å². The van der Waals surface area contributed by atoms with Gasteiger partial charge in [-0.3, -0.25) is 4.79 Å². The molecule has 4 nitrogen and oxygen atoms in total. The van der Waals surface area contributed by atoms with Crippen LogP contribution in [0.25, 0.3) is 0 Å². The van der Waals surface area contributed by atoms with E-state index in [1.807, 2.05) is 6.92 Å². The van der Waals surface area contributed by atoms with Gasteiger partial charge in [-0.25, -0.2) is 0 Å². The highest BCUT2D eigenvalue weighted by atomic mass is 16.5. The molecule has 3 N–H and O–H groups in total. The van der Waals surface area contributed by atoms with Crippen molar-refractivity contribution in [1.29, 1.82) is 0 Å². The van der Waals surface area contributed by atoms with E-state index in [1.165, 1.54) is 0 Å². The second-order valence-corrected chi connectivity index (χ2v) is 6.95. The number of nitrogens with one attached hydrogen (secondary N) is 1. The lowest BCUT2D eigenvalue weighted by Gasteiger charge is -2.34. The van der Waals surface area contributed by atoms with Crippen LogP contribution in [0.3, 0.4) is 0 Å². The Bertz CT molecular complexity index is 280. The summed E-state index contributed by atoms with van der Waals surface area (Å²) in [7, 11) is 0. The van der Waals surface area contributed by atoms with Crippen LogP contribution < -0.4 is 11.1 Å². The van der Waals surface area contributed by atoms with Crippen LogP contribution in [0.4, 0.5) is 0 Å². The predicted molar refractivity (Wildman–Crippen MR) is 77.8 cm³/mol. The molecule has 0 aliphatic heterocycles. The lowest BCUT2D eigenvalue weighted by molar-refractivity contribution is -0.124. The van der Waals surface area contributed by atoms with Crippen molar-refractivity contribution in [2.75, 3.05) is 13.2 Å². The van der Waals surface area contributed by atoms with E-state index in [-0.39, 0.29) is 17.4 Å². The first-order valence-electron chi connectivity index (χ1n) is 7.44. The van der Waals surface area contributed by atoms with E-state index in [4.69, 9.17) is 10.5 Å². The molecular formula is C15H30N2O2. The Labute approximate surface area is 117 Å². The summed E-state index contributed by atoms with van der Waals surface area (Å²) < 4.78 is 5.49. The van der Waals surface area contributed by atoms with Gasteiger partial charge >= 0.3 is 0 Å². The van der Waals surface area contributed by atoms with Gasteiger partial charge < -0.3 is 15.8 Å². The van der Waals surface area contributed by atoms with Crippen LogP contribution in [0, 0.1) is 11.3 Å². The molecule has 1 rings (SSSR count). The van der Waals surface area contributed by atoms with Crippen LogP contribution in [0.5, 0.6) is 0 Å². The van der Waals surface area contributed by atoms with Crippen LogP contribution in [0.2, 0.25) is 0 Å². The van der Waals surface area contributed by atoms with Gasteiger partial charge in [0.15, 0.2) is 0 Å². The molecule has 0 heterocycles. The Hall–Kier alpha value is -0.610. The number of hydrogen-bond acceptors (Lipinski definition) is 3. The molecule has 1 atom stereocenters. The molecule has 1 fully saturated rings. The van der Waals surface area contributed by atoms with E-state index < -0.39 is 0 Å². The molecule has 1 amide bonds. The number of nitrogens with two attached hydrogens (primary N) is 1. The second kappa shape index (κ2) is 7.25. The van der Waals surface area contributed by atoms with Gasteiger partial charge in [-0.2, -0.15) is 0 Å². The van der Waals surface area contributed by atoms with Gasteiger partial charge in [0.1, 0.15) is 0 Å². The summed E-state index contributed by atoms with van der Waals surface area (Å²) in [5, 5.41) is 2.95. The zero-order chi connectivity index (χ0) is 14.5. The van der Waals surface area contributed by atoms with E-state index in [2.05, 4.69) is 26.1 Å². The Morgan fingerprint density at radius 2 is 2.05 bits per heavy atom. The molecule has 1 aliphatic carbocycles. The number of ether oxygens (including phenoxy) is 1. The van der Waals surface area contributed by atoms with Gasteiger partial charge in [-0.15, -0.1) is 0 Å². The van der Waals surface area contributed by atoms with Crippen molar-refractivity contribution in [3.63, 3.8) is 0 Å². The van der Waals surface area contributed by atoms with Gasteiger partial charge in [0.05, 0.1) is 6.10 Å². The van der Waals surface area contributed by atoms with E-state index in [0.717, 1.165) is 25.9 Å².